The predicted molar refractivity (Wildman–Crippen MR) is 93.7 cm³/mol. The fourth-order valence-corrected chi connectivity index (χ4v) is 3.86. The van der Waals surface area contributed by atoms with E-state index in [1.807, 2.05) is 36.4 Å². The van der Waals surface area contributed by atoms with Crippen molar-refractivity contribution in [3.63, 3.8) is 0 Å². The summed E-state index contributed by atoms with van der Waals surface area (Å²) >= 11 is 1.46. The van der Waals surface area contributed by atoms with E-state index in [-0.39, 0.29) is 5.25 Å². The van der Waals surface area contributed by atoms with Crippen molar-refractivity contribution < 1.29 is 19.4 Å². The van der Waals surface area contributed by atoms with E-state index in [1.54, 1.807) is 24.3 Å². The van der Waals surface area contributed by atoms with Crippen molar-refractivity contribution in [2.24, 2.45) is 0 Å². The number of aliphatic hydroxyl groups is 1. The van der Waals surface area contributed by atoms with E-state index < -0.39 is 17.5 Å². The molecular weight excluding hydrogens is 324 g/mol. The van der Waals surface area contributed by atoms with Gasteiger partial charge in [0.15, 0.2) is 5.44 Å². The third-order valence-electron chi connectivity index (χ3n) is 3.79. The monoisotopic (exact) mass is 344 g/mol. The van der Waals surface area contributed by atoms with Crippen LogP contribution in [0.5, 0.6) is 0 Å². The van der Waals surface area contributed by atoms with E-state index in [4.69, 9.17) is 9.47 Å². The van der Waals surface area contributed by atoms with E-state index in [0.717, 1.165) is 5.56 Å². The molecule has 24 heavy (non-hydrogen) atoms. The van der Waals surface area contributed by atoms with Gasteiger partial charge in [0.25, 0.3) is 0 Å². The van der Waals surface area contributed by atoms with Crippen LogP contribution in [-0.4, -0.2) is 34.5 Å². The molecule has 2 aromatic carbocycles. The van der Waals surface area contributed by atoms with Crippen molar-refractivity contribution in [1.29, 1.82) is 0 Å². The van der Waals surface area contributed by atoms with Gasteiger partial charge >= 0.3 is 5.97 Å². The van der Waals surface area contributed by atoms with E-state index in [0.29, 0.717) is 25.2 Å². The van der Waals surface area contributed by atoms with Crippen LogP contribution >= 0.6 is 11.8 Å². The second kappa shape index (κ2) is 8.33. The van der Waals surface area contributed by atoms with Gasteiger partial charge in [-0.2, -0.15) is 0 Å². The molecule has 1 saturated heterocycles. The van der Waals surface area contributed by atoms with Crippen molar-refractivity contribution in [1.82, 2.24) is 0 Å². The maximum atomic E-state index is 12.1. The zero-order chi connectivity index (χ0) is 16.8. The lowest BCUT2D eigenvalue weighted by Crippen LogP contribution is -2.23. The molecule has 3 atom stereocenters. The number of thioether (sulfide) groups is 1. The number of hydrogen-bond acceptors (Lipinski definition) is 5. The van der Waals surface area contributed by atoms with Crippen molar-refractivity contribution >= 4 is 17.7 Å². The zero-order valence-electron chi connectivity index (χ0n) is 13.2. The molecule has 1 heterocycles. The first-order chi connectivity index (χ1) is 11.7. The lowest BCUT2D eigenvalue weighted by Gasteiger charge is -2.15. The summed E-state index contributed by atoms with van der Waals surface area (Å²) < 4.78 is 11.1. The molecule has 0 radical (unpaired) electrons. The van der Waals surface area contributed by atoms with E-state index in [1.165, 1.54) is 11.8 Å². The average Bonchev–Trinajstić information content (AvgIpc) is 2.96. The molecule has 1 aliphatic rings. The molecule has 0 saturated carbocycles. The molecule has 1 aliphatic heterocycles. The highest BCUT2D eigenvalue weighted by atomic mass is 32.2. The lowest BCUT2D eigenvalue weighted by molar-refractivity contribution is 0.0157. The van der Waals surface area contributed by atoms with Crippen LogP contribution in [0.25, 0.3) is 0 Å². The summed E-state index contributed by atoms with van der Waals surface area (Å²) in [5, 5.41) is 10.2. The Kier molecular flexibility index (Phi) is 5.91. The number of rotatable bonds is 6. The van der Waals surface area contributed by atoms with Gasteiger partial charge in [0.2, 0.25) is 0 Å². The molecule has 1 fully saturated rings. The minimum atomic E-state index is -0.659. The smallest absolute Gasteiger partial charge is 0.339 e. The van der Waals surface area contributed by atoms with E-state index >= 15 is 0 Å². The van der Waals surface area contributed by atoms with E-state index in [9.17, 15) is 9.90 Å². The standard InChI is InChI=1S/C19H20O4S/c20-17-11-16(13-22-12-14-7-3-1-4-8-14)24-19(17)23-18(21)15-9-5-2-6-10-15/h1-10,16-17,19-20H,11-13H2/t16-,17-,19?/m0/s1. The van der Waals surface area contributed by atoms with Crippen LogP contribution in [0.15, 0.2) is 60.7 Å². The number of aliphatic hydroxyl groups excluding tert-OH is 1. The normalized spacial score (nSPS) is 23.1. The Balaban J connectivity index is 1.45. The van der Waals surface area contributed by atoms with Gasteiger partial charge in [0.1, 0.15) is 6.10 Å². The van der Waals surface area contributed by atoms with Crippen molar-refractivity contribution in [3.8, 4) is 0 Å². The Morgan fingerprint density at radius 2 is 1.75 bits per heavy atom. The first-order valence-electron chi connectivity index (χ1n) is 7.93. The summed E-state index contributed by atoms with van der Waals surface area (Å²) in [6, 6.07) is 18.8. The van der Waals surface area contributed by atoms with Gasteiger partial charge in [-0.05, 0) is 24.1 Å². The Hall–Kier alpha value is -1.82. The van der Waals surface area contributed by atoms with Crippen LogP contribution in [0, 0.1) is 0 Å². The summed E-state index contributed by atoms with van der Waals surface area (Å²) in [4.78, 5) is 12.1. The van der Waals surface area contributed by atoms with E-state index in [2.05, 4.69) is 0 Å². The third-order valence-corrected chi connectivity index (χ3v) is 5.19. The van der Waals surface area contributed by atoms with Gasteiger partial charge in [-0.25, -0.2) is 4.79 Å². The molecule has 0 bridgehead atoms. The zero-order valence-corrected chi connectivity index (χ0v) is 14.0. The molecule has 0 aromatic heterocycles. The summed E-state index contributed by atoms with van der Waals surface area (Å²) in [7, 11) is 0. The molecule has 1 N–H and O–H groups in total. The molecule has 5 heteroatoms. The van der Waals surface area contributed by atoms with Crippen molar-refractivity contribution in [3.05, 3.63) is 71.8 Å². The minimum Gasteiger partial charge on any atom is -0.445 e. The van der Waals surface area contributed by atoms with Crippen molar-refractivity contribution in [2.45, 2.75) is 29.8 Å². The highest BCUT2D eigenvalue weighted by molar-refractivity contribution is 8.00. The van der Waals surface area contributed by atoms with Gasteiger partial charge in [0, 0.05) is 5.25 Å². The Bertz CT molecular complexity index is 647. The Morgan fingerprint density at radius 3 is 2.46 bits per heavy atom. The molecule has 1 unspecified atom stereocenters. The van der Waals surface area contributed by atoms with Crippen molar-refractivity contribution in [2.75, 3.05) is 6.61 Å². The average molecular weight is 344 g/mol. The molecular formula is C19H20O4S. The number of carbonyl (C=O) groups is 1. The Morgan fingerprint density at radius 1 is 1.08 bits per heavy atom. The summed E-state index contributed by atoms with van der Waals surface area (Å²) in [5.74, 6) is -0.405. The van der Waals surface area contributed by atoms with Gasteiger partial charge in [-0.3, -0.25) is 0 Å². The van der Waals surface area contributed by atoms with Crippen LogP contribution < -0.4 is 0 Å². The van der Waals surface area contributed by atoms with Crippen LogP contribution in [0.3, 0.4) is 0 Å². The molecule has 3 rings (SSSR count). The summed E-state index contributed by atoms with van der Waals surface area (Å²) in [5.41, 5.74) is 1.07. The summed E-state index contributed by atoms with van der Waals surface area (Å²) in [6.45, 7) is 1.07. The fourth-order valence-electron chi connectivity index (χ4n) is 2.56. The van der Waals surface area contributed by atoms with Gasteiger partial charge in [-0.15, -0.1) is 11.8 Å². The molecule has 0 aliphatic carbocycles. The highest BCUT2D eigenvalue weighted by Crippen LogP contribution is 2.35. The Labute approximate surface area is 145 Å². The fraction of sp³-hybridized carbons (Fsp3) is 0.316. The van der Waals surface area contributed by atoms with Crippen LogP contribution in [-0.2, 0) is 16.1 Å². The number of esters is 1. The quantitative estimate of drug-likeness (QED) is 0.815. The van der Waals surface area contributed by atoms with Crippen LogP contribution in [0.4, 0.5) is 0 Å². The number of benzene rings is 2. The number of hydrogen-bond donors (Lipinski definition) is 1. The lowest BCUT2D eigenvalue weighted by atomic mass is 10.2. The first-order valence-corrected chi connectivity index (χ1v) is 8.88. The largest absolute Gasteiger partial charge is 0.445 e. The third kappa shape index (κ3) is 4.60. The van der Waals surface area contributed by atoms with Gasteiger partial charge < -0.3 is 14.6 Å². The minimum absolute atomic E-state index is 0.122. The molecule has 126 valence electrons. The predicted octanol–water partition coefficient (Wildman–Crippen LogP) is 3.25. The summed E-state index contributed by atoms with van der Waals surface area (Å²) in [6.07, 6.45) is -0.0976. The SMILES string of the molecule is O=C(OC1S[C@H](COCc2ccccc2)C[C@@H]1O)c1ccccc1. The van der Waals surface area contributed by atoms with Crippen LogP contribution in [0.2, 0.25) is 0 Å². The first kappa shape index (κ1) is 17.0. The highest BCUT2D eigenvalue weighted by Gasteiger charge is 2.36. The molecule has 2 aromatic rings. The maximum Gasteiger partial charge on any atom is 0.339 e. The van der Waals surface area contributed by atoms with Crippen LogP contribution in [0.1, 0.15) is 22.3 Å². The molecule has 0 amide bonds. The second-order valence-corrected chi connectivity index (χ2v) is 7.11. The molecule has 4 nitrogen and oxygen atoms in total. The topological polar surface area (TPSA) is 55.8 Å². The number of carbonyl (C=O) groups excluding carboxylic acids is 1. The van der Waals surface area contributed by atoms with Gasteiger partial charge in [0.05, 0.1) is 18.8 Å². The van der Waals surface area contributed by atoms with Gasteiger partial charge in [-0.1, -0.05) is 48.5 Å². The molecule has 0 spiro atoms. The second-order valence-electron chi connectivity index (χ2n) is 5.70. The maximum absolute atomic E-state index is 12.1. The number of ether oxygens (including phenoxy) is 2.